The molecule has 2 saturated heterocycles. The molecular formula is C14H20N2O2. The monoisotopic (exact) mass is 248 g/mol. The van der Waals surface area contributed by atoms with Crippen LogP contribution < -0.4 is 5.32 Å². The summed E-state index contributed by atoms with van der Waals surface area (Å²) in [5, 5.41) is 3.39. The largest absolute Gasteiger partial charge is 0.456 e. The Balaban J connectivity index is 1.70. The number of nitrogens with zero attached hydrogens (tertiary/aromatic N) is 1. The lowest BCUT2D eigenvalue weighted by molar-refractivity contribution is 0.0729. The Hall–Kier alpha value is -1.29. The molecule has 2 aliphatic heterocycles. The molecule has 1 aromatic rings. The molecule has 1 aromatic heterocycles. The van der Waals surface area contributed by atoms with Gasteiger partial charge >= 0.3 is 0 Å². The quantitative estimate of drug-likeness (QED) is 0.824. The Kier molecular flexibility index (Phi) is 2.90. The van der Waals surface area contributed by atoms with Crippen molar-refractivity contribution >= 4 is 5.91 Å². The molecule has 0 unspecified atom stereocenters. The van der Waals surface area contributed by atoms with E-state index in [4.69, 9.17) is 4.42 Å². The van der Waals surface area contributed by atoms with Gasteiger partial charge in [0.15, 0.2) is 5.76 Å². The van der Waals surface area contributed by atoms with Gasteiger partial charge in [0.2, 0.25) is 0 Å². The summed E-state index contributed by atoms with van der Waals surface area (Å²) in [5.74, 6) is 1.34. The van der Waals surface area contributed by atoms with Crippen molar-refractivity contribution in [1.82, 2.24) is 10.2 Å². The zero-order chi connectivity index (χ0) is 12.6. The molecule has 98 valence electrons. The van der Waals surface area contributed by atoms with Crippen molar-refractivity contribution in [3.05, 3.63) is 23.7 Å². The van der Waals surface area contributed by atoms with Crippen molar-refractivity contribution in [3.8, 4) is 0 Å². The van der Waals surface area contributed by atoms with Gasteiger partial charge in [0, 0.05) is 13.1 Å². The lowest BCUT2D eigenvalue weighted by atomic mass is 9.78. The fourth-order valence-electron chi connectivity index (χ4n) is 3.18. The number of hydrogen-bond donors (Lipinski definition) is 1. The number of amides is 1. The molecule has 1 N–H and O–H groups in total. The van der Waals surface area contributed by atoms with Crippen LogP contribution in [0.1, 0.15) is 35.6 Å². The van der Waals surface area contributed by atoms with E-state index in [-0.39, 0.29) is 5.91 Å². The Bertz CT molecular complexity index is 446. The van der Waals surface area contributed by atoms with E-state index in [1.54, 1.807) is 6.07 Å². The van der Waals surface area contributed by atoms with Crippen LogP contribution in [0.15, 0.2) is 16.5 Å². The first-order chi connectivity index (χ1) is 8.69. The SMILES string of the molecule is Cc1ccc(C(=O)N2CCC3(CCNCC3)C2)o1. The zero-order valence-electron chi connectivity index (χ0n) is 10.9. The highest BCUT2D eigenvalue weighted by molar-refractivity contribution is 5.91. The van der Waals surface area contributed by atoms with Gasteiger partial charge in [-0.1, -0.05) is 0 Å². The fraction of sp³-hybridized carbons (Fsp3) is 0.643. The molecule has 0 aliphatic carbocycles. The van der Waals surface area contributed by atoms with Crippen LogP contribution in [0, 0.1) is 12.3 Å². The summed E-state index contributed by atoms with van der Waals surface area (Å²) < 4.78 is 5.43. The van der Waals surface area contributed by atoms with Gasteiger partial charge in [-0.05, 0) is 56.8 Å². The summed E-state index contributed by atoms with van der Waals surface area (Å²) in [6.07, 6.45) is 3.52. The van der Waals surface area contributed by atoms with Crippen molar-refractivity contribution in [1.29, 1.82) is 0 Å². The second kappa shape index (κ2) is 4.43. The van der Waals surface area contributed by atoms with Crippen LogP contribution in [0.5, 0.6) is 0 Å². The maximum atomic E-state index is 12.3. The molecule has 0 aromatic carbocycles. The van der Waals surface area contributed by atoms with Crippen LogP contribution >= 0.6 is 0 Å². The number of nitrogens with one attached hydrogen (secondary N) is 1. The van der Waals surface area contributed by atoms with Gasteiger partial charge in [-0.25, -0.2) is 0 Å². The van der Waals surface area contributed by atoms with E-state index >= 15 is 0 Å². The minimum Gasteiger partial charge on any atom is -0.456 e. The van der Waals surface area contributed by atoms with Gasteiger partial charge in [-0.3, -0.25) is 4.79 Å². The van der Waals surface area contributed by atoms with E-state index in [0.717, 1.165) is 38.4 Å². The highest BCUT2D eigenvalue weighted by Crippen LogP contribution is 2.39. The maximum absolute atomic E-state index is 12.3. The van der Waals surface area contributed by atoms with E-state index in [1.165, 1.54) is 12.8 Å². The average molecular weight is 248 g/mol. The molecule has 0 atom stereocenters. The average Bonchev–Trinajstić information content (AvgIpc) is 2.97. The highest BCUT2D eigenvalue weighted by atomic mass is 16.3. The van der Waals surface area contributed by atoms with Crippen LogP contribution in [-0.2, 0) is 0 Å². The molecule has 3 rings (SSSR count). The number of piperidine rings is 1. The van der Waals surface area contributed by atoms with Crippen LogP contribution in [0.2, 0.25) is 0 Å². The predicted molar refractivity (Wildman–Crippen MR) is 68.5 cm³/mol. The van der Waals surface area contributed by atoms with Crippen LogP contribution in [-0.4, -0.2) is 37.0 Å². The van der Waals surface area contributed by atoms with Gasteiger partial charge in [0.25, 0.3) is 5.91 Å². The van der Waals surface area contributed by atoms with Crippen molar-refractivity contribution in [3.63, 3.8) is 0 Å². The summed E-state index contributed by atoms with van der Waals surface area (Å²) >= 11 is 0. The lowest BCUT2D eigenvalue weighted by Crippen LogP contribution is -2.39. The predicted octanol–water partition coefficient (Wildman–Crippen LogP) is 1.80. The first-order valence-corrected chi connectivity index (χ1v) is 6.75. The smallest absolute Gasteiger partial charge is 0.289 e. The zero-order valence-corrected chi connectivity index (χ0v) is 10.9. The minimum absolute atomic E-state index is 0.0542. The van der Waals surface area contributed by atoms with Crippen molar-refractivity contribution in [2.24, 2.45) is 5.41 Å². The first kappa shape index (κ1) is 11.8. The summed E-state index contributed by atoms with van der Waals surface area (Å²) in [6, 6.07) is 3.63. The van der Waals surface area contributed by atoms with Crippen LogP contribution in [0.3, 0.4) is 0 Å². The topological polar surface area (TPSA) is 45.5 Å². The number of carbonyl (C=O) groups excluding carboxylic acids is 1. The van der Waals surface area contributed by atoms with Gasteiger partial charge in [-0.15, -0.1) is 0 Å². The van der Waals surface area contributed by atoms with E-state index in [9.17, 15) is 4.79 Å². The van der Waals surface area contributed by atoms with Gasteiger partial charge in [0.1, 0.15) is 5.76 Å². The number of rotatable bonds is 1. The summed E-state index contributed by atoms with van der Waals surface area (Å²) in [7, 11) is 0. The number of carbonyl (C=O) groups is 1. The Morgan fingerprint density at radius 2 is 2.11 bits per heavy atom. The molecule has 1 spiro atoms. The molecule has 3 heterocycles. The summed E-state index contributed by atoms with van der Waals surface area (Å²) in [5.41, 5.74) is 0.364. The number of hydrogen-bond acceptors (Lipinski definition) is 3. The Morgan fingerprint density at radius 1 is 1.33 bits per heavy atom. The molecule has 0 bridgehead atoms. The van der Waals surface area contributed by atoms with E-state index in [1.807, 2.05) is 17.9 Å². The fourth-order valence-corrected chi connectivity index (χ4v) is 3.18. The summed E-state index contributed by atoms with van der Waals surface area (Å²) in [4.78, 5) is 14.3. The Labute approximate surface area is 107 Å². The molecule has 2 aliphatic rings. The number of furan rings is 1. The molecule has 0 radical (unpaired) electrons. The van der Waals surface area contributed by atoms with Crippen molar-refractivity contribution < 1.29 is 9.21 Å². The lowest BCUT2D eigenvalue weighted by Gasteiger charge is -2.33. The molecule has 18 heavy (non-hydrogen) atoms. The minimum atomic E-state index is 0.0542. The van der Waals surface area contributed by atoms with Crippen LogP contribution in [0.25, 0.3) is 0 Å². The molecule has 4 heteroatoms. The van der Waals surface area contributed by atoms with E-state index < -0.39 is 0 Å². The third-order valence-electron chi connectivity index (χ3n) is 4.34. The Morgan fingerprint density at radius 3 is 2.78 bits per heavy atom. The second-order valence-electron chi connectivity index (χ2n) is 5.64. The summed E-state index contributed by atoms with van der Waals surface area (Å²) in [6.45, 7) is 5.81. The molecular weight excluding hydrogens is 228 g/mol. The maximum Gasteiger partial charge on any atom is 0.289 e. The normalized spacial score (nSPS) is 22.6. The molecule has 4 nitrogen and oxygen atoms in total. The van der Waals surface area contributed by atoms with Gasteiger partial charge in [-0.2, -0.15) is 0 Å². The second-order valence-corrected chi connectivity index (χ2v) is 5.64. The van der Waals surface area contributed by atoms with Gasteiger partial charge in [0.05, 0.1) is 0 Å². The van der Waals surface area contributed by atoms with Crippen LogP contribution in [0.4, 0.5) is 0 Å². The molecule has 2 fully saturated rings. The van der Waals surface area contributed by atoms with Crippen molar-refractivity contribution in [2.45, 2.75) is 26.2 Å². The van der Waals surface area contributed by atoms with E-state index in [0.29, 0.717) is 11.2 Å². The number of likely N-dealkylation sites (tertiary alicyclic amines) is 1. The molecule has 0 saturated carbocycles. The van der Waals surface area contributed by atoms with Crippen molar-refractivity contribution in [2.75, 3.05) is 26.2 Å². The third kappa shape index (κ3) is 2.05. The molecule has 1 amide bonds. The van der Waals surface area contributed by atoms with E-state index in [2.05, 4.69) is 5.32 Å². The third-order valence-corrected chi connectivity index (χ3v) is 4.34. The first-order valence-electron chi connectivity index (χ1n) is 6.75. The highest BCUT2D eigenvalue weighted by Gasteiger charge is 2.41. The van der Waals surface area contributed by atoms with Gasteiger partial charge < -0.3 is 14.6 Å². The number of aryl methyl sites for hydroxylation is 1. The standard InChI is InChI=1S/C14H20N2O2/c1-11-2-3-12(18-11)13(17)16-9-6-14(10-16)4-7-15-8-5-14/h2-3,15H,4-10H2,1H3.